The molecule has 0 fully saturated rings. The van der Waals surface area contributed by atoms with Gasteiger partial charge in [-0.15, -0.1) is 0 Å². The van der Waals surface area contributed by atoms with Gasteiger partial charge in [0.25, 0.3) is 5.56 Å². The molecule has 4 heterocycles. The lowest BCUT2D eigenvalue weighted by atomic mass is 9.93. The molecule has 0 saturated heterocycles. The average molecular weight is 721 g/mol. The maximum absolute atomic E-state index is 14.8. The highest BCUT2D eigenvalue weighted by Gasteiger charge is 2.32. The molecule has 1 atom stereocenters. The first-order chi connectivity index (χ1) is 27.7. The Balaban J connectivity index is 1.10. The van der Waals surface area contributed by atoms with E-state index < -0.39 is 6.23 Å². The SMILES string of the molecule is O=c1c2cccc3c2c2c(cccc2n1-c1ccc2c(c1)c1ccccc1n2-c1ccccc1)N(c1ccc2c(c1)c1ccccc1n2-c1ccccc1)C3O. The van der Waals surface area contributed by atoms with Crippen LogP contribution in [-0.2, 0) is 0 Å². The zero-order valence-electron chi connectivity index (χ0n) is 30.0. The molecular formula is C50H32N4O2. The molecule has 1 N–H and O–H groups in total. The van der Waals surface area contributed by atoms with Gasteiger partial charge in [0.1, 0.15) is 0 Å². The van der Waals surface area contributed by atoms with Crippen LogP contribution in [0.4, 0.5) is 11.4 Å². The fourth-order valence-corrected chi connectivity index (χ4v) is 9.37. The van der Waals surface area contributed by atoms with Crippen LogP contribution in [0.2, 0.25) is 0 Å². The van der Waals surface area contributed by atoms with Gasteiger partial charge >= 0.3 is 0 Å². The van der Waals surface area contributed by atoms with Gasteiger partial charge in [-0.3, -0.25) is 9.36 Å². The molecule has 1 unspecified atom stereocenters. The summed E-state index contributed by atoms with van der Waals surface area (Å²) in [5, 5.41) is 19.0. The Labute approximate surface area is 320 Å². The quantitative estimate of drug-likeness (QED) is 0.184. The van der Waals surface area contributed by atoms with Crippen LogP contribution in [0.1, 0.15) is 11.8 Å². The number of benzene rings is 8. The Bertz CT molecular complexity index is 3470. The van der Waals surface area contributed by atoms with Crippen molar-refractivity contribution in [3.8, 4) is 17.1 Å². The zero-order valence-corrected chi connectivity index (χ0v) is 30.0. The minimum Gasteiger partial charge on any atom is -0.369 e. The van der Waals surface area contributed by atoms with Crippen molar-refractivity contribution < 1.29 is 5.11 Å². The number of aliphatic hydroxyl groups is 1. The highest BCUT2D eigenvalue weighted by molar-refractivity contribution is 6.17. The number of fused-ring (bicyclic) bond motifs is 6. The van der Waals surface area contributed by atoms with Crippen LogP contribution in [0, 0.1) is 0 Å². The van der Waals surface area contributed by atoms with E-state index in [9.17, 15) is 9.90 Å². The van der Waals surface area contributed by atoms with Crippen LogP contribution >= 0.6 is 0 Å². The normalized spacial score (nSPS) is 14.0. The summed E-state index contributed by atoms with van der Waals surface area (Å²) in [5.74, 6) is 0. The summed E-state index contributed by atoms with van der Waals surface area (Å²) in [6, 6.07) is 62.3. The average Bonchev–Trinajstić information content (AvgIpc) is 3.76. The molecule has 0 aliphatic carbocycles. The van der Waals surface area contributed by atoms with Gasteiger partial charge in [0.15, 0.2) is 6.23 Å². The van der Waals surface area contributed by atoms with Crippen molar-refractivity contribution in [1.29, 1.82) is 0 Å². The monoisotopic (exact) mass is 720 g/mol. The lowest BCUT2D eigenvalue weighted by Gasteiger charge is -2.36. The molecule has 0 radical (unpaired) electrons. The second-order valence-electron chi connectivity index (χ2n) is 14.6. The Morgan fingerprint density at radius 1 is 0.375 bits per heavy atom. The summed E-state index contributed by atoms with van der Waals surface area (Å²) in [4.78, 5) is 16.8. The molecule has 3 aromatic heterocycles. The second-order valence-corrected chi connectivity index (χ2v) is 14.6. The van der Waals surface area contributed by atoms with Crippen LogP contribution in [0.3, 0.4) is 0 Å². The number of aromatic nitrogens is 3. The maximum atomic E-state index is 14.8. The summed E-state index contributed by atoms with van der Waals surface area (Å²) in [7, 11) is 0. The molecule has 0 saturated carbocycles. The number of nitrogens with zero attached hydrogens (tertiary/aromatic N) is 4. The van der Waals surface area contributed by atoms with E-state index in [-0.39, 0.29) is 5.56 Å². The fraction of sp³-hybridized carbons (Fsp3) is 0.0200. The third-order valence-corrected chi connectivity index (χ3v) is 11.7. The van der Waals surface area contributed by atoms with Crippen molar-refractivity contribution in [2.24, 2.45) is 0 Å². The highest BCUT2D eigenvalue weighted by Crippen LogP contribution is 2.48. The zero-order chi connectivity index (χ0) is 37.1. The van der Waals surface area contributed by atoms with Gasteiger partial charge in [-0.2, -0.15) is 0 Å². The minimum atomic E-state index is -1.01. The van der Waals surface area contributed by atoms with Gasteiger partial charge in [0.2, 0.25) is 0 Å². The third-order valence-electron chi connectivity index (χ3n) is 11.7. The number of pyridine rings is 1. The molecule has 56 heavy (non-hydrogen) atoms. The molecule has 0 spiro atoms. The van der Waals surface area contributed by atoms with Crippen LogP contribution in [0.15, 0.2) is 187 Å². The van der Waals surface area contributed by atoms with Crippen molar-refractivity contribution >= 4 is 76.7 Å². The Hall–Kier alpha value is -7.41. The lowest BCUT2D eigenvalue weighted by Crippen LogP contribution is -2.29. The minimum absolute atomic E-state index is 0.117. The van der Waals surface area contributed by atoms with E-state index in [4.69, 9.17) is 0 Å². The smallest absolute Gasteiger partial charge is 0.263 e. The molecule has 6 heteroatoms. The predicted octanol–water partition coefficient (Wildman–Crippen LogP) is 11.5. The third kappa shape index (κ3) is 4.16. The standard InChI is InChI=1S/C50H32N4O2/c55-49-37-19-11-20-38-47(37)48-45(53(49)33-25-27-43-39(29-33)35-17-7-9-21-41(35)51(43)31-13-3-1-4-14-31)23-12-24-46(48)54(50(38)56)34-26-28-44-40(30-34)36-18-8-10-22-42(36)52(44)32-15-5-2-6-16-32/h1-30,49,55H. The predicted molar refractivity (Wildman–Crippen MR) is 229 cm³/mol. The Kier molecular flexibility index (Phi) is 6.39. The van der Waals surface area contributed by atoms with Crippen molar-refractivity contribution in [1.82, 2.24) is 13.7 Å². The van der Waals surface area contributed by atoms with E-state index >= 15 is 0 Å². The van der Waals surface area contributed by atoms with E-state index in [0.717, 1.165) is 88.3 Å². The lowest BCUT2D eigenvalue weighted by molar-refractivity contribution is 0.185. The topological polar surface area (TPSA) is 55.3 Å². The van der Waals surface area contributed by atoms with Gasteiger partial charge in [-0.1, -0.05) is 91.0 Å². The Morgan fingerprint density at radius 3 is 1.52 bits per heavy atom. The largest absolute Gasteiger partial charge is 0.369 e. The number of para-hydroxylation sites is 4. The van der Waals surface area contributed by atoms with Crippen LogP contribution in [-0.4, -0.2) is 18.8 Å². The summed E-state index contributed by atoms with van der Waals surface area (Å²) < 4.78 is 6.43. The summed E-state index contributed by atoms with van der Waals surface area (Å²) in [6.07, 6.45) is -1.01. The van der Waals surface area contributed by atoms with E-state index in [1.54, 1.807) is 0 Å². The number of aliphatic hydroxyl groups excluding tert-OH is 1. The van der Waals surface area contributed by atoms with Crippen LogP contribution < -0.4 is 10.5 Å². The van der Waals surface area contributed by atoms with Crippen molar-refractivity contribution in [2.45, 2.75) is 6.23 Å². The molecule has 0 amide bonds. The van der Waals surface area contributed by atoms with Crippen molar-refractivity contribution in [2.75, 3.05) is 4.90 Å². The molecular weight excluding hydrogens is 689 g/mol. The molecule has 6 nitrogen and oxygen atoms in total. The first-order valence-electron chi connectivity index (χ1n) is 18.9. The Morgan fingerprint density at radius 2 is 0.875 bits per heavy atom. The molecule has 12 rings (SSSR count). The molecule has 1 aliphatic heterocycles. The summed E-state index contributed by atoms with van der Waals surface area (Å²) >= 11 is 0. The van der Waals surface area contributed by atoms with Gasteiger partial charge in [-0.05, 0) is 91.0 Å². The van der Waals surface area contributed by atoms with Gasteiger partial charge in [0, 0.05) is 60.3 Å². The second kappa shape index (κ2) is 11.5. The van der Waals surface area contributed by atoms with E-state index in [0.29, 0.717) is 10.9 Å². The molecule has 0 bridgehead atoms. The fourth-order valence-electron chi connectivity index (χ4n) is 9.37. The highest BCUT2D eigenvalue weighted by atomic mass is 16.3. The molecule has 1 aliphatic rings. The maximum Gasteiger partial charge on any atom is 0.263 e. The van der Waals surface area contributed by atoms with Crippen LogP contribution in [0.5, 0.6) is 0 Å². The van der Waals surface area contributed by atoms with Gasteiger partial charge in [-0.25, -0.2) is 0 Å². The number of hydrogen-bond acceptors (Lipinski definition) is 3. The van der Waals surface area contributed by atoms with Crippen molar-refractivity contribution in [3.05, 3.63) is 198 Å². The summed E-state index contributed by atoms with van der Waals surface area (Å²) in [5.41, 5.74) is 10.4. The summed E-state index contributed by atoms with van der Waals surface area (Å²) in [6.45, 7) is 0. The van der Waals surface area contributed by atoms with E-state index in [1.165, 1.54) is 0 Å². The number of anilines is 2. The first-order valence-corrected chi connectivity index (χ1v) is 18.9. The molecule has 8 aromatic carbocycles. The number of rotatable bonds is 4. The number of hydrogen-bond donors (Lipinski definition) is 1. The van der Waals surface area contributed by atoms with E-state index in [1.807, 2.05) is 51.9 Å². The molecule has 11 aromatic rings. The van der Waals surface area contributed by atoms with Gasteiger partial charge in [0.05, 0.1) is 39.0 Å². The van der Waals surface area contributed by atoms with Crippen molar-refractivity contribution in [3.63, 3.8) is 0 Å². The van der Waals surface area contributed by atoms with Crippen LogP contribution in [0.25, 0.3) is 82.3 Å². The van der Waals surface area contributed by atoms with E-state index in [2.05, 4.69) is 149 Å². The first kappa shape index (κ1) is 31.0. The van der Waals surface area contributed by atoms with Gasteiger partial charge < -0.3 is 19.1 Å². The molecule has 264 valence electrons.